The van der Waals surface area contributed by atoms with Crippen molar-refractivity contribution in [1.82, 2.24) is 9.57 Å². The van der Waals surface area contributed by atoms with E-state index in [-0.39, 0.29) is 0 Å². The monoisotopic (exact) mass is 219 g/mol. The van der Waals surface area contributed by atoms with E-state index in [9.17, 15) is 0 Å². The molecule has 0 aliphatic heterocycles. The zero-order chi connectivity index (χ0) is 11.1. The van der Waals surface area contributed by atoms with Crippen molar-refractivity contribution in [2.45, 2.75) is 20.3 Å². The molecule has 0 aromatic rings. The molecule has 0 fully saturated rings. The summed E-state index contributed by atoms with van der Waals surface area (Å²) in [5.41, 5.74) is 0. The fraction of sp³-hybridized carbons (Fsp3) is 0.889. The average molecular weight is 219 g/mol. The molecule has 14 heavy (non-hydrogen) atoms. The van der Waals surface area contributed by atoms with Crippen molar-refractivity contribution in [3.8, 4) is 0 Å². The third-order valence-corrected chi connectivity index (χ3v) is 3.20. The molecule has 1 atom stereocenters. The van der Waals surface area contributed by atoms with Gasteiger partial charge in [-0.2, -0.15) is 0 Å². The van der Waals surface area contributed by atoms with Crippen LogP contribution in [0.15, 0.2) is 4.76 Å². The maximum atomic E-state index is 5.56. The summed E-state index contributed by atoms with van der Waals surface area (Å²) in [6.07, 6.45) is 0.937. The second-order valence-corrected chi connectivity index (χ2v) is 5.05. The van der Waals surface area contributed by atoms with Gasteiger partial charge in [0.05, 0.1) is 6.61 Å². The number of rotatable bonds is 5. The van der Waals surface area contributed by atoms with Crippen LogP contribution in [0.4, 0.5) is 0 Å². The number of hydrogen-bond acceptors (Lipinski definition) is 3. The van der Waals surface area contributed by atoms with E-state index in [1.165, 1.54) is 0 Å². The molecule has 0 aliphatic carbocycles. The van der Waals surface area contributed by atoms with Crippen molar-refractivity contribution in [3.05, 3.63) is 0 Å². The summed E-state index contributed by atoms with van der Waals surface area (Å²) in [7, 11) is 7.19. The Hall–Kier alpha value is -0.180. The Kier molecular flexibility index (Phi) is 7.06. The van der Waals surface area contributed by atoms with Crippen LogP contribution in [-0.2, 0) is 4.52 Å². The molecule has 0 aromatic heterocycles. The van der Waals surface area contributed by atoms with Crippen LogP contribution in [0.5, 0.6) is 0 Å². The summed E-state index contributed by atoms with van der Waals surface area (Å²) >= 11 is 0. The molecule has 0 rings (SSSR count). The molecular weight excluding hydrogens is 197 g/mol. The van der Waals surface area contributed by atoms with E-state index < -0.39 is 8.45 Å². The van der Waals surface area contributed by atoms with Gasteiger partial charge in [0, 0.05) is 20.5 Å². The summed E-state index contributed by atoms with van der Waals surface area (Å²) in [5.74, 6) is 1.08. The van der Waals surface area contributed by atoms with Gasteiger partial charge in [-0.15, -0.1) is 0 Å². The first-order valence-corrected chi connectivity index (χ1v) is 6.04. The second kappa shape index (κ2) is 7.16. The fourth-order valence-electron chi connectivity index (χ4n) is 0.924. The highest BCUT2D eigenvalue weighted by atomic mass is 31.2. The lowest BCUT2D eigenvalue weighted by molar-refractivity contribution is 0.349. The van der Waals surface area contributed by atoms with Gasteiger partial charge in [0.25, 0.3) is 0 Å². The van der Waals surface area contributed by atoms with Crippen LogP contribution in [0.1, 0.15) is 20.3 Å². The average Bonchev–Trinajstić information content (AvgIpc) is 2.11. The molecule has 0 spiro atoms. The summed E-state index contributed by atoms with van der Waals surface area (Å²) in [5, 5.41) is 0. The summed E-state index contributed by atoms with van der Waals surface area (Å²) in [6, 6.07) is 0. The van der Waals surface area contributed by atoms with Crippen molar-refractivity contribution in [3.63, 3.8) is 0 Å². The molecule has 0 N–H and O–H groups in total. The highest BCUT2D eigenvalue weighted by Crippen LogP contribution is 2.40. The van der Waals surface area contributed by atoms with E-state index in [1.54, 1.807) is 0 Å². The molecule has 0 saturated carbocycles. The first-order chi connectivity index (χ1) is 6.52. The molecule has 0 aromatic carbocycles. The van der Waals surface area contributed by atoms with E-state index in [0.29, 0.717) is 6.61 Å². The molecule has 0 saturated heterocycles. The Morgan fingerprint density at radius 1 is 1.21 bits per heavy atom. The fourth-order valence-corrected chi connectivity index (χ4v) is 2.14. The van der Waals surface area contributed by atoms with Crippen LogP contribution in [-0.4, -0.2) is 50.2 Å². The van der Waals surface area contributed by atoms with Gasteiger partial charge in [-0.25, -0.2) is 9.43 Å². The lowest BCUT2D eigenvalue weighted by Crippen LogP contribution is -2.21. The lowest BCUT2D eigenvalue weighted by atomic mass is 10.4. The first-order valence-electron chi connectivity index (χ1n) is 4.88. The maximum Gasteiger partial charge on any atom is 0.239 e. The topological polar surface area (TPSA) is 28.1 Å². The zero-order valence-electron chi connectivity index (χ0n) is 10.1. The van der Waals surface area contributed by atoms with Crippen LogP contribution in [0.3, 0.4) is 0 Å². The van der Waals surface area contributed by atoms with Gasteiger partial charge >= 0.3 is 0 Å². The molecular formula is C9H22N3OP. The predicted octanol–water partition coefficient (Wildman–Crippen LogP) is 2.18. The predicted molar refractivity (Wildman–Crippen MR) is 63.6 cm³/mol. The van der Waals surface area contributed by atoms with Crippen LogP contribution < -0.4 is 0 Å². The van der Waals surface area contributed by atoms with Crippen molar-refractivity contribution in [2.75, 3.05) is 34.8 Å². The summed E-state index contributed by atoms with van der Waals surface area (Å²) < 4.78 is 12.2. The highest BCUT2D eigenvalue weighted by molar-refractivity contribution is 7.48. The summed E-state index contributed by atoms with van der Waals surface area (Å²) in [6.45, 7) is 4.81. The van der Waals surface area contributed by atoms with E-state index in [2.05, 4.69) is 11.7 Å². The number of hydrogen-bond donors (Lipinski definition) is 0. The molecule has 84 valence electrons. The molecule has 4 nitrogen and oxygen atoms in total. The van der Waals surface area contributed by atoms with Crippen molar-refractivity contribution in [2.24, 2.45) is 4.76 Å². The number of nitrogens with zero attached hydrogens (tertiary/aromatic N) is 3. The van der Waals surface area contributed by atoms with Crippen molar-refractivity contribution < 1.29 is 4.52 Å². The van der Waals surface area contributed by atoms with Crippen LogP contribution in [0.2, 0.25) is 0 Å². The van der Waals surface area contributed by atoms with Crippen molar-refractivity contribution in [1.29, 1.82) is 0 Å². The Morgan fingerprint density at radius 3 is 2.07 bits per heavy atom. The molecule has 5 heteroatoms. The molecule has 1 unspecified atom stereocenters. The van der Waals surface area contributed by atoms with E-state index in [1.807, 2.05) is 44.7 Å². The van der Waals surface area contributed by atoms with Gasteiger partial charge in [-0.05, 0) is 21.0 Å². The minimum Gasteiger partial charge on any atom is -0.366 e. The molecule has 0 amide bonds. The Labute approximate surface area is 88.9 Å². The minimum atomic E-state index is -0.818. The van der Waals surface area contributed by atoms with Gasteiger partial charge in [0.2, 0.25) is 8.45 Å². The minimum absolute atomic E-state index is 0.706. The Bertz CT molecular complexity index is 183. The Morgan fingerprint density at radius 2 is 1.79 bits per heavy atom. The van der Waals surface area contributed by atoms with Crippen LogP contribution >= 0.6 is 8.45 Å². The van der Waals surface area contributed by atoms with E-state index in [0.717, 1.165) is 12.3 Å². The van der Waals surface area contributed by atoms with Gasteiger partial charge in [0.15, 0.2) is 0 Å². The first kappa shape index (κ1) is 13.8. The molecule has 0 heterocycles. The third kappa shape index (κ3) is 4.89. The molecule has 0 radical (unpaired) electrons. The summed E-state index contributed by atoms with van der Waals surface area (Å²) in [4.78, 5) is 2.04. The van der Waals surface area contributed by atoms with Crippen LogP contribution in [0.25, 0.3) is 0 Å². The Balaban J connectivity index is 4.49. The molecule has 0 aliphatic rings. The SMILES string of the molecule is CCOP(/N=C(/CC)N(C)C)N(C)C. The van der Waals surface area contributed by atoms with E-state index >= 15 is 0 Å². The standard InChI is InChI=1S/C9H22N3OP/c1-7-9(11(3)4)10-14(12(5)6)13-8-2/h7-8H2,1-6H3/b10-9-. The normalized spacial score (nSPS) is 14.6. The van der Waals surface area contributed by atoms with Crippen LogP contribution in [0, 0.1) is 0 Å². The maximum absolute atomic E-state index is 5.56. The zero-order valence-corrected chi connectivity index (χ0v) is 11.0. The second-order valence-electron chi connectivity index (χ2n) is 3.28. The highest BCUT2D eigenvalue weighted by Gasteiger charge is 2.12. The third-order valence-electron chi connectivity index (χ3n) is 1.62. The van der Waals surface area contributed by atoms with Gasteiger partial charge in [0.1, 0.15) is 5.84 Å². The smallest absolute Gasteiger partial charge is 0.239 e. The molecule has 0 bridgehead atoms. The van der Waals surface area contributed by atoms with E-state index in [4.69, 9.17) is 4.52 Å². The number of amidine groups is 1. The quantitative estimate of drug-likeness (QED) is 0.403. The largest absolute Gasteiger partial charge is 0.366 e. The van der Waals surface area contributed by atoms with Crippen molar-refractivity contribution >= 4 is 14.3 Å². The van der Waals surface area contributed by atoms with Gasteiger partial charge < -0.3 is 9.42 Å². The van der Waals surface area contributed by atoms with Gasteiger partial charge in [-0.3, -0.25) is 0 Å². The lowest BCUT2D eigenvalue weighted by Gasteiger charge is -2.22. The van der Waals surface area contributed by atoms with Gasteiger partial charge in [-0.1, -0.05) is 6.92 Å².